The highest BCUT2D eigenvalue weighted by molar-refractivity contribution is 5.81. The first-order chi connectivity index (χ1) is 12.5. The summed E-state index contributed by atoms with van der Waals surface area (Å²) in [6.07, 6.45) is 5.73. The molecule has 0 bridgehead atoms. The van der Waals surface area contributed by atoms with Gasteiger partial charge >= 0.3 is 0 Å². The number of rotatable bonds is 4. The van der Waals surface area contributed by atoms with Crippen molar-refractivity contribution >= 4 is 11.8 Å². The Morgan fingerprint density at radius 2 is 1.85 bits per heavy atom. The van der Waals surface area contributed by atoms with Gasteiger partial charge in [0.1, 0.15) is 0 Å². The van der Waals surface area contributed by atoms with E-state index in [2.05, 4.69) is 36.2 Å². The van der Waals surface area contributed by atoms with Crippen LogP contribution in [0.1, 0.15) is 56.6 Å². The first-order valence-electron chi connectivity index (χ1n) is 10.1. The molecular formula is C22H32N2O2. The summed E-state index contributed by atoms with van der Waals surface area (Å²) < 4.78 is 0. The van der Waals surface area contributed by atoms with Crippen molar-refractivity contribution in [1.82, 2.24) is 10.2 Å². The summed E-state index contributed by atoms with van der Waals surface area (Å²) in [4.78, 5) is 27.3. The van der Waals surface area contributed by atoms with Crippen molar-refractivity contribution < 1.29 is 9.59 Å². The molecule has 1 aliphatic carbocycles. The molecule has 0 spiro atoms. The minimum Gasteiger partial charge on any atom is -0.352 e. The fourth-order valence-corrected chi connectivity index (χ4v) is 4.41. The average Bonchev–Trinajstić information content (AvgIpc) is 2.66. The largest absolute Gasteiger partial charge is 0.352 e. The first-order valence-corrected chi connectivity index (χ1v) is 10.1. The van der Waals surface area contributed by atoms with Gasteiger partial charge in [-0.1, -0.05) is 36.8 Å². The van der Waals surface area contributed by atoms with Gasteiger partial charge in [-0.2, -0.15) is 0 Å². The molecule has 1 aromatic rings. The Bertz CT molecular complexity index is 635. The topological polar surface area (TPSA) is 49.4 Å². The fourth-order valence-electron chi connectivity index (χ4n) is 4.41. The second-order valence-electron chi connectivity index (χ2n) is 8.29. The van der Waals surface area contributed by atoms with Crippen LogP contribution in [0.2, 0.25) is 0 Å². The Labute approximate surface area is 157 Å². The van der Waals surface area contributed by atoms with Crippen LogP contribution < -0.4 is 5.32 Å². The van der Waals surface area contributed by atoms with Crippen molar-refractivity contribution in [2.24, 2.45) is 17.8 Å². The molecule has 1 saturated heterocycles. The maximum Gasteiger partial charge on any atom is 0.225 e. The van der Waals surface area contributed by atoms with E-state index < -0.39 is 0 Å². The van der Waals surface area contributed by atoms with Crippen molar-refractivity contribution in [1.29, 1.82) is 0 Å². The van der Waals surface area contributed by atoms with Crippen molar-refractivity contribution in [3.8, 4) is 0 Å². The lowest BCUT2D eigenvalue weighted by Crippen LogP contribution is -2.44. The van der Waals surface area contributed by atoms with Crippen molar-refractivity contribution in [2.75, 3.05) is 13.1 Å². The van der Waals surface area contributed by atoms with E-state index in [1.54, 1.807) is 0 Å². The molecule has 26 heavy (non-hydrogen) atoms. The van der Waals surface area contributed by atoms with Gasteiger partial charge in [-0.15, -0.1) is 0 Å². The average molecular weight is 357 g/mol. The number of nitrogens with one attached hydrogen (secondary N) is 1. The van der Waals surface area contributed by atoms with Crippen LogP contribution in [-0.2, 0) is 16.1 Å². The highest BCUT2D eigenvalue weighted by Gasteiger charge is 2.33. The van der Waals surface area contributed by atoms with E-state index in [1.807, 2.05) is 12.1 Å². The third-order valence-corrected chi connectivity index (χ3v) is 5.97. The summed E-state index contributed by atoms with van der Waals surface area (Å²) in [7, 11) is 0. The molecule has 1 saturated carbocycles. The summed E-state index contributed by atoms with van der Waals surface area (Å²) in [5.41, 5.74) is 2.35. The molecular weight excluding hydrogens is 324 g/mol. The van der Waals surface area contributed by atoms with Gasteiger partial charge in [0, 0.05) is 31.5 Å². The lowest BCUT2D eigenvalue weighted by atomic mass is 9.80. The summed E-state index contributed by atoms with van der Waals surface area (Å²) in [5, 5.41) is 3.07. The van der Waals surface area contributed by atoms with E-state index in [9.17, 15) is 9.59 Å². The van der Waals surface area contributed by atoms with Crippen LogP contribution in [0.5, 0.6) is 0 Å². The Morgan fingerprint density at radius 3 is 2.54 bits per heavy atom. The number of amides is 2. The van der Waals surface area contributed by atoms with Crippen LogP contribution in [0.4, 0.5) is 0 Å². The zero-order valence-corrected chi connectivity index (χ0v) is 16.2. The molecule has 4 heteroatoms. The van der Waals surface area contributed by atoms with Crippen LogP contribution >= 0.6 is 0 Å². The Balaban J connectivity index is 1.44. The highest BCUT2D eigenvalue weighted by Crippen LogP contribution is 2.31. The van der Waals surface area contributed by atoms with E-state index in [1.165, 1.54) is 12.0 Å². The maximum atomic E-state index is 12.7. The maximum absolute atomic E-state index is 12.7. The van der Waals surface area contributed by atoms with E-state index in [0.29, 0.717) is 18.4 Å². The molecule has 4 nitrogen and oxygen atoms in total. The molecule has 0 aromatic heterocycles. The summed E-state index contributed by atoms with van der Waals surface area (Å²) in [6.45, 7) is 6.71. The number of benzene rings is 1. The van der Waals surface area contributed by atoms with Gasteiger partial charge in [0.05, 0.1) is 0 Å². The highest BCUT2D eigenvalue weighted by atomic mass is 16.2. The zero-order valence-electron chi connectivity index (χ0n) is 16.2. The summed E-state index contributed by atoms with van der Waals surface area (Å²) in [5.74, 6) is 1.28. The number of aryl methyl sites for hydroxylation is 1. The van der Waals surface area contributed by atoms with Gasteiger partial charge < -0.3 is 10.2 Å². The van der Waals surface area contributed by atoms with Crippen LogP contribution in [-0.4, -0.2) is 29.8 Å². The number of carbonyl (C=O) groups excluding carboxylic acids is 2. The standard InChI is InChI=1S/C22H32N2O2/c1-16-5-3-7-18(13-16)14-23-21(25)19-8-10-20(11-9-19)22(26)24-12-4-6-17(2)15-24/h3,5,7,13,17,19-20H,4,6,8-12,14-15H2,1-2H3,(H,23,25). The van der Waals surface area contributed by atoms with Crippen LogP contribution in [0.25, 0.3) is 0 Å². The minimum atomic E-state index is 0.0594. The predicted octanol–water partition coefficient (Wildman–Crippen LogP) is 3.68. The minimum absolute atomic E-state index is 0.0594. The van der Waals surface area contributed by atoms with Gasteiger partial charge in [0.2, 0.25) is 11.8 Å². The smallest absolute Gasteiger partial charge is 0.225 e. The molecule has 1 atom stereocenters. The molecule has 1 N–H and O–H groups in total. The SMILES string of the molecule is Cc1cccc(CNC(=O)C2CCC(C(=O)N3CCCC(C)C3)CC2)c1. The van der Waals surface area contributed by atoms with E-state index in [0.717, 1.165) is 50.8 Å². The Hall–Kier alpha value is -1.84. The van der Waals surface area contributed by atoms with Crippen LogP contribution in [0.3, 0.4) is 0 Å². The van der Waals surface area contributed by atoms with Crippen LogP contribution in [0, 0.1) is 24.7 Å². The monoisotopic (exact) mass is 356 g/mol. The number of piperidine rings is 1. The summed E-state index contributed by atoms with van der Waals surface area (Å²) >= 11 is 0. The lowest BCUT2D eigenvalue weighted by Gasteiger charge is -2.35. The molecule has 3 rings (SSSR count). The van der Waals surface area contributed by atoms with Crippen molar-refractivity contribution in [2.45, 2.75) is 58.9 Å². The van der Waals surface area contributed by atoms with Gasteiger partial charge in [0.25, 0.3) is 0 Å². The Morgan fingerprint density at radius 1 is 1.12 bits per heavy atom. The zero-order chi connectivity index (χ0) is 18.5. The molecule has 2 fully saturated rings. The third kappa shape index (κ3) is 4.87. The predicted molar refractivity (Wildman–Crippen MR) is 103 cm³/mol. The molecule has 2 amide bonds. The normalized spacial score (nSPS) is 26.4. The van der Waals surface area contributed by atoms with E-state index in [-0.39, 0.29) is 17.7 Å². The lowest BCUT2D eigenvalue weighted by molar-refractivity contribution is -0.140. The third-order valence-electron chi connectivity index (χ3n) is 5.97. The number of hydrogen-bond acceptors (Lipinski definition) is 2. The van der Waals surface area contributed by atoms with Gasteiger partial charge in [-0.05, 0) is 56.9 Å². The van der Waals surface area contributed by atoms with Gasteiger partial charge in [0.15, 0.2) is 0 Å². The first kappa shape index (κ1) is 18.9. The molecule has 0 radical (unpaired) electrons. The molecule has 2 aliphatic rings. The number of carbonyl (C=O) groups is 2. The fraction of sp³-hybridized carbons (Fsp3) is 0.636. The van der Waals surface area contributed by atoms with E-state index in [4.69, 9.17) is 0 Å². The van der Waals surface area contributed by atoms with Gasteiger partial charge in [-0.25, -0.2) is 0 Å². The second kappa shape index (κ2) is 8.70. The van der Waals surface area contributed by atoms with Crippen molar-refractivity contribution in [3.63, 3.8) is 0 Å². The van der Waals surface area contributed by atoms with Crippen LogP contribution in [0.15, 0.2) is 24.3 Å². The number of hydrogen-bond donors (Lipinski definition) is 1. The van der Waals surface area contributed by atoms with E-state index >= 15 is 0 Å². The summed E-state index contributed by atoms with van der Waals surface area (Å²) in [6, 6.07) is 8.24. The molecule has 1 unspecified atom stereocenters. The Kier molecular flexibility index (Phi) is 6.33. The quantitative estimate of drug-likeness (QED) is 0.895. The second-order valence-corrected chi connectivity index (χ2v) is 8.29. The number of nitrogens with zero attached hydrogens (tertiary/aromatic N) is 1. The molecule has 1 heterocycles. The molecule has 1 aliphatic heterocycles. The van der Waals surface area contributed by atoms with Crippen molar-refractivity contribution in [3.05, 3.63) is 35.4 Å². The van der Waals surface area contributed by atoms with Gasteiger partial charge in [-0.3, -0.25) is 9.59 Å². The molecule has 142 valence electrons. The number of likely N-dealkylation sites (tertiary alicyclic amines) is 1. The molecule has 1 aromatic carbocycles.